The Balaban J connectivity index is 3.28. The topological polar surface area (TPSA) is 41.5 Å². The Kier molecular flexibility index (Phi) is 3.24. The van der Waals surface area contributed by atoms with E-state index in [9.17, 15) is 8.78 Å². The SMILES string of the molecule is CNCc1cc(F)c(O)c(F)c1OC. The molecule has 0 radical (unpaired) electrons. The van der Waals surface area contributed by atoms with Crippen molar-refractivity contribution in [2.45, 2.75) is 6.54 Å². The molecule has 0 fully saturated rings. The van der Waals surface area contributed by atoms with Gasteiger partial charge in [0.25, 0.3) is 0 Å². The van der Waals surface area contributed by atoms with Crippen molar-refractivity contribution in [1.29, 1.82) is 0 Å². The summed E-state index contributed by atoms with van der Waals surface area (Å²) < 4.78 is 30.8. The summed E-state index contributed by atoms with van der Waals surface area (Å²) in [6.45, 7) is 0.261. The molecule has 1 rings (SSSR count). The molecule has 0 spiro atoms. The highest BCUT2D eigenvalue weighted by Crippen LogP contribution is 2.32. The third-order valence-corrected chi connectivity index (χ3v) is 1.80. The van der Waals surface area contributed by atoms with Gasteiger partial charge in [-0.05, 0) is 13.1 Å². The van der Waals surface area contributed by atoms with Gasteiger partial charge < -0.3 is 15.2 Å². The monoisotopic (exact) mass is 203 g/mol. The van der Waals surface area contributed by atoms with Crippen LogP contribution in [0.3, 0.4) is 0 Å². The number of hydrogen-bond acceptors (Lipinski definition) is 3. The first kappa shape index (κ1) is 10.7. The molecule has 0 heterocycles. The number of phenolic OH excluding ortho intramolecular Hbond substituents is 1. The van der Waals surface area contributed by atoms with Gasteiger partial charge >= 0.3 is 0 Å². The number of ether oxygens (including phenoxy) is 1. The van der Waals surface area contributed by atoms with Crippen molar-refractivity contribution in [1.82, 2.24) is 5.32 Å². The van der Waals surface area contributed by atoms with Crippen molar-refractivity contribution >= 4 is 0 Å². The van der Waals surface area contributed by atoms with Crippen LogP contribution in [0, 0.1) is 11.6 Å². The summed E-state index contributed by atoms with van der Waals surface area (Å²) >= 11 is 0. The normalized spacial score (nSPS) is 10.3. The van der Waals surface area contributed by atoms with Gasteiger partial charge in [-0.25, -0.2) is 4.39 Å². The number of benzene rings is 1. The fraction of sp³-hybridized carbons (Fsp3) is 0.333. The summed E-state index contributed by atoms with van der Waals surface area (Å²) in [7, 11) is 2.90. The second-order valence-corrected chi connectivity index (χ2v) is 2.74. The van der Waals surface area contributed by atoms with E-state index in [4.69, 9.17) is 9.84 Å². The van der Waals surface area contributed by atoms with Crippen LogP contribution in [-0.4, -0.2) is 19.3 Å². The highest BCUT2D eigenvalue weighted by atomic mass is 19.1. The summed E-state index contributed by atoms with van der Waals surface area (Å²) in [5.41, 5.74) is 0.322. The number of hydrogen-bond donors (Lipinski definition) is 2. The lowest BCUT2D eigenvalue weighted by molar-refractivity contribution is 0.345. The van der Waals surface area contributed by atoms with Gasteiger partial charge in [0, 0.05) is 12.1 Å². The van der Waals surface area contributed by atoms with E-state index in [0.29, 0.717) is 5.56 Å². The molecule has 1 aromatic rings. The lowest BCUT2D eigenvalue weighted by atomic mass is 10.1. The minimum absolute atomic E-state index is 0.141. The largest absolute Gasteiger partial charge is 0.503 e. The van der Waals surface area contributed by atoms with Crippen molar-refractivity contribution in [2.75, 3.05) is 14.2 Å². The van der Waals surface area contributed by atoms with Crippen LogP contribution in [0.1, 0.15) is 5.56 Å². The van der Waals surface area contributed by atoms with Crippen molar-refractivity contribution in [2.24, 2.45) is 0 Å². The van der Waals surface area contributed by atoms with Crippen molar-refractivity contribution in [3.63, 3.8) is 0 Å². The molecule has 0 amide bonds. The van der Waals surface area contributed by atoms with E-state index >= 15 is 0 Å². The van der Waals surface area contributed by atoms with Crippen molar-refractivity contribution in [3.8, 4) is 11.5 Å². The van der Waals surface area contributed by atoms with Crippen LogP contribution in [0.15, 0.2) is 6.07 Å². The Morgan fingerprint density at radius 1 is 1.50 bits per heavy atom. The van der Waals surface area contributed by atoms with E-state index in [1.54, 1.807) is 7.05 Å². The third kappa shape index (κ3) is 1.77. The number of methoxy groups -OCH3 is 1. The molecule has 0 unspecified atom stereocenters. The van der Waals surface area contributed by atoms with E-state index in [-0.39, 0.29) is 12.3 Å². The van der Waals surface area contributed by atoms with Crippen LogP contribution in [0.5, 0.6) is 11.5 Å². The van der Waals surface area contributed by atoms with Crippen molar-refractivity contribution in [3.05, 3.63) is 23.3 Å². The molecule has 0 saturated heterocycles. The lowest BCUT2D eigenvalue weighted by Crippen LogP contribution is -2.08. The molecule has 0 aliphatic rings. The zero-order valence-corrected chi connectivity index (χ0v) is 7.90. The summed E-state index contributed by atoms with van der Waals surface area (Å²) in [4.78, 5) is 0. The van der Waals surface area contributed by atoms with E-state index in [1.807, 2.05) is 0 Å². The zero-order chi connectivity index (χ0) is 10.7. The minimum Gasteiger partial charge on any atom is -0.503 e. The Labute approximate surface area is 80.3 Å². The Bertz CT molecular complexity index is 342. The second kappa shape index (κ2) is 4.23. The van der Waals surface area contributed by atoms with E-state index in [1.165, 1.54) is 7.11 Å². The van der Waals surface area contributed by atoms with Gasteiger partial charge in [-0.15, -0.1) is 0 Å². The van der Waals surface area contributed by atoms with Crippen LogP contribution in [-0.2, 0) is 6.54 Å². The molecule has 0 aliphatic carbocycles. The zero-order valence-electron chi connectivity index (χ0n) is 7.90. The summed E-state index contributed by atoms with van der Waals surface area (Å²) in [6, 6.07) is 1.04. The van der Waals surface area contributed by atoms with Crippen LogP contribution in [0.4, 0.5) is 8.78 Å². The molecule has 5 heteroatoms. The minimum atomic E-state index is -1.07. The van der Waals surface area contributed by atoms with Gasteiger partial charge in [0.1, 0.15) is 0 Å². The second-order valence-electron chi connectivity index (χ2n) is 2.74. The van der Waals surface area contributed by atoms with Crippen LogP contribution in [0.2, 0.25) is 0 Å². The molecule has 14 heavy (non-hydrogen) atoms. The molecule has 0 saturated carbocycles. The number of halogens is 2. The number of rotatable bonds is 3. The number of aromatic hydroxyl groups is 1. The van der Waals surface area contributed by atoms with Gasteiger partial charge in [0.15, 0.2) is 17.3 Å². The Morgan fingerprint density at radius 3 is 2.64 bits per heavy atom. The molecule has 78 valence electrons. The van der Waals surface area contributed by atoms with Gasteiger partial charge in [0.05, 0.1) is 7.11 Å². The lowest BCUT2D eigenvalue weighted by Gasteiger charge is -2.10. The average molecular weight is 203 g/mol. The van der Waals surface area contributed by atoms with Gasteiger partial charge in [0.2, 0.25) is 5.82 Å². The Morgan fingerprint density at radius 2 is 2.14 bits per heavy atom. The highest BCUT2D eigenvalue weighted by Gasteiger charge is 2.17. The summed E-state index contributed by atoms with van der Waals surface area (Å²) in [5, 5.41) is 11.7. The first-order valence-electron chi connectivity index (χ1n) is 4.00. The fourth-order valence-electron chi connectivity index (χ4n) is 1.18. The van der Waals surface area contributed by atoms with Gasteiger partial charge in [-0.3, -0.25) is 0 Å². The van der Waals surface area contributed by atoms with Gasteiger partial charge in [-0.2, -0.15) is 4.39 Å². The molecule has 0 aliphatic heterocycles. The molecular formula is C9H11F2NO2. The predicted molar refractivity (Wildman–Crippen MR) is 47.3 cm³/mol. The molecule has 1 aromatic carbocycles. The molecule has 3 nitrogen and oxygen atoms in total. The maximum atomic E-state index is 13.2. The van der Waals surface area contributed by atoms with Gasteiger partial charge in [-0.1, -0.05) is 0 Å². The molecule has 0 aromatic heterocycles. The molecule has 0 atom stereocenters. The standard InChI is InChI=1S/C9H11F2NO2/c1-12-4-5-3-6(10)8(13)7(11)9(5)14-2/h3,12-13H,4H2,1-2H3. The van der Waals surface area contributed by atoms with Crippen LogP contribution < -0.4 is 10.1 Å². The first-order chi connectivity index (χ1) is 6.61. The van der Waals surface area contributed by atoms with E-state index in [0.717, 1.165) is 6.07 Å². The molecule has 0 bridgehead atoms. The van der Waals surface area contributed by atoms with E-state index < -0.39 is 17.4 Å². The third-order valence-electron chi connectivity index (χ3n) is 1.80. The average Bonchev–Trinajstić information content (AvgIpc) is 2.16. The summed E-state index contributed by atoms with van der Waals surface area (Å²) in [5.74, 6) is -3.22. The quantitative estimate of drug-likeness (QED) is 0.780. The molecular weight excluding hydrogens is 192 g/mol. The van der Waals surface area contributed by atoms with Crippen LogP contribution >= 0.6 is 0 Å². The fourth-order valence-corrected chi connectivity index (χ4v) is 1.18. The smallest absolute Gasteiger partial charge is 0.209 e. The molecule has 2 N–H and O–H groups in total. The number of phenols is 1. The van der Waals surface area contributed by atoms with Crippen molar-refractivity contribution < 1.29 is 18.6 Å². The number of nitrogens with one attached hydrogen (secondary N) is 1. The summed E-state index contributed by atoms with van der Waals surface area (Å²) in [6.07, 6.45) is 0. The maximum Gasteiger partial charge on any atom is 0.209 e. The van der Waals surface area contributed by atoms with Crippen LogP contribution in [0.25, 0.3) is 0 Å². The first-order valence-corrected chi connectivity index (χ1v) is 4.00. The highest BCUT2D eigenvalue weighted by molar-refractivity contribution is 5.43. The maximum absolute atomic E-state index is 13.2. The van der Waals surface area contributed by atoms with E-state index in [2.05, 4.69) is 5.32 Å². The predicted octanol–water partition coefficient (Wildman–Crippen LogP) is 1.40. The Hall–Kier alpha value is -1.36.